The molecule has 20 heavy (non-hydrogen) atoms. The fourth-order valence-corrected chi connectivity index (χ4v) is 3.16. The number of carbonyl (C=O) groups excluding carboxylic acids is 1. The third kappa shape index (κ3) is 4.75. The van der Waals surface area contributed by atoms with Crippen molar-refractivity contribution < 1.29 is 9.53 Å². The SMILES string of the molecule is CCOc1ccc(SCC(=O)N2CCCCCC2)cc1. The maximum absolute atomic E-state index is 12.2. The summed E-state index contributed by atoms with van der Waals surface area (Å²) < 4.78 is 5.41. The molecule has 3 nitrogen and oxygen atoms in total. The lowest BCUT2D eigenvalue weighted by atomic mass is 10.2. The van der Waals surface area contributed by atoms with Gasteiger partial charge in [-0.1, -0.05) is 12.8 Å². The van der Waals surface area contributed by atoms with Crippen LogP contribution in [0.3, 0.4) is 0 Å². The van der Waals surface area contributed by atoms with E-state index in [0.717, 1.165) is 36.6 Å². The molecule has 2 rings (SSSR count). The molecular formula is C16H23NO2S. The lowest BCUT2D eigenvalue weighted by Gasteiger charge is -2.19. The van der Waals surface area contributed by atoms with Gasteiger partial charge in [0.1, 0.15) is 5.75 Å². The molecule has 1 saturated heterocycles. The van der Waals surface area contributed by atoms with E-state index in [0.29, 0.717) is 12.4 Å². The van der Waals surface area contributed by atoms with Crippen LogP contribution in [-0.4, -0.2) is 36.3 Å². The average Bonchev–Trinajstić information content (AvgIpc) is 2.76. The van der Waals surface area contributed by atoms with Crippen LogP contribution in [0, 0.1) is 0 Å². The molecule has 1 aromatic rings. The number of hydrogen-bond acceptors (Lipinski definition) is 3. The van der Waals surface area contributed by atoms with Crippen molar-refractivity contribution in [3.63, 3.8) is 0 Å². The average molecular weight is 293 g/mol. The fraction of sp³-hybridized carbons (Fsp3) is 0.562. The van der Waals surface area contributed by atoms with Crippen molar-refractivity contribution in [1.82, 2.24) is 4.90 Å². The first-order valence-electron chi connectivity index (χ1n) is 7.43. The quantitative estimate of drug-likeness (QED) is 0.777. The van der Waals surface area contributed by atoms with Crippen LogP contribution in [0.25, 0.3) is 0 Å². The standard InChI is InChI=1S/C16H23NO2S/c1-2-19-14-7-9-15(10-8-14)20-13-16(18)17-11-5-3-4-6-12-17/h7-10H,2-6,11-13H2,1H3. The van der Waals surface area contributed by atoms with E-state index in [2.05, 4.69) is 0 Å². The normalized spacial score (nSPS) is 15.8. The summed E-state index contributed by atoms with van der Waals surface area (Å²) in [5.41, 5.74) is 0. The second-order valence-corrected chi connectivity index (χ2v) is 6.04. The van der Waals surface area contributed by atoms with E-state index in [-0.39, 0.29) is 5.91 Å². The predicted octanol–water partition coefficient (Wildman–Crippen LogP) is 3.58. The monoisotopic (exact) mass is 293 g/mol. The number of benzene rings is 1. The van der Waals surface area contributed by atoms with E-state index in [1.54, 1.807) is 11.8 Å². The van der Waals surface area contributed by atoms with Crippen LogP contribution in [0.5, 0.6) is 5.75 Å². The number of hydrogen-bond donors (Lipinski definition) is 0. The first-order chi connectivity index (χ1) is 9.79. The van der Waals surface area contributed by atoms with Crippen molar-refractivity contribution in [2.45, 2.75) is 37.5 Å². The van der Waals surface area contributed by atoms with Gasteiger partial charge < -0.3 is 9.64 Å². The van der Waals surface area contributed by atoms with Gasteiger partial charge in [-0.3, -0.25) is 4.79 Å². The van der Waals surface area contributed by atoms with Gasteiger partial charge in [0.25, 0.3) is 0 Å². The van der Waals surface area contributed by atoms with Crippen LogP contribution in [-0.2, 0) is 4.79 Å². The lowest BCUT2D eigenvalue weighted by molar-refractivity contribution is -0.128. The van der Waals surface area contributed by atoms with Crippen LogP contribution < -0.4 is 4.74 Å². The van der Waals surface area contributed by atoms with Gasteiger partial charge in [-0.15, -0.1) is 11.8 Å². The van der Waals surface area contributed by atoms with Gasteiger partial charge >= 0.3 is 0 Å². The first-order valence-corrected chi connectivity index (χ1v) is 8.41. The van der Waals surface area contributed by atoms with Crippen molar-refractivity contribution in [2.75, 3.05) is 25.4 Å². The van der Waals surface area contributed by atoms with Gasteiger partial charge in [0, 0.05) is 18.0 Å². The Kier molecular flexibility index (Phi) is 6.25. The number of thioether (sulfide) groups is 1. The third-order valence-electron chi connectivity index (χ3n) is 3.46. The molecule has 1 amide bonds. The van der Waals surface area contributed by atoms with Crippen molar-refractivity contribution in [3.05, 3.63) is 24.3 Å². The molecule has 0 aliphatic carbocycles. The minimum Gasteiger partial charge on any atom is -0.494 e. The molecule has 0 radical (unpaired) electrons. The van der Waals surface area contributed by atoms with Crippen LogP contribution in [0.1, 0.15) is 32.6 Å². The van der Waals surface area contributed by atoms with E-state index in [9.17, 15) is 4.79 Å². The zero-order valence-corrected chi connectivity index (χ0v) is 13.0. The Bertz CT molecular complexity index is 411. The van der Waals surface area contributed by atoms with E-state index >= 15 is 0 Å². The summed E-state index contributed by atoms with van der Waals surface area (Å²) in [5.74, 6) is 1.69. The Labute approximate surface area is 125 Å². The number of ether oxygens (including phenoxy) is 1. The largest absolute Gasteiger partial charge is 0.494 e. The number of nitrogens with zero attached hydrogens (tertiary/aromatic N) is 1. The molecule has 1 aromatic carbocycles. The fourth-order valence-electron chi connectivity index (χ4n) is 2.36. The predicted molar refractivity (Wildman–Crippen MR) is 83.4 cm³/mol. The number of amides is 1. The molecule has 1 aliphatic heterocycles. The minimum atomic E-state index is 0.269. The molecule has 1 heterocycles. The summed E-state index contributed by atoms with van der Waals surface area (Å²) >= 11 is 1.61. The number of carbonyl (C=O) groups is 1. The van der Waals surface area contributed by atoms with Crippen LogP contribution in [0.2, 0.25) is 0 Å². The topological polar surface area (TPSA) is 29.5 Å². The molecular weight excluding hydrogens is 270 g/mol. The van der Waals surface area contributed by atoms with Gasteiger partial charge in [-0.2, -0.15) is 0 Å². The number of likely N-dealkylation sites (tertiary alicyclic amines) is 1. The lowest BCUT2D eigenvalue weighted by Crippen LogP contribution is -2.33. The van der Waals surface area contributed by atoms with Gasteiger partial charge in [-0.05, 0) is 44.0 Å². The van der Waals surface area contributed by atoms with E-state index in [4.69, 9.17) is 4.74 Å². The zero-order valence-electron chi connectivity index (χ0n) is 12.1. The molecule has 0 saturated carbocycles. The van der Waals surface area contributed by atoms with Crippen LogP contribution in [0.15, 0.2) is 29.2 Å². The zero-order chi connectivity index (χ0) is 14.2. The summed E-state index contributed by atoms with van der Waals surface area (Å²) in [6.45, 7) is 4.52. The minimum absolute atomic E-state index is 0.269. The highest BCUT2D eigenvalue weighted by atomic mass is 32.2. The smallest absolute Gasteiger partial charge is 0.232 e. The molecule has 0 aromatic heterocycles. The van der Waals surface area contributed by atoms with Crippen molar-refractivity contribution in [3.8, 4) is 5.75 Å². The highest BCUT2D eigenvalue weighted by molar-refractivity contribution is 8.00. The Morgan fingerprint density at radius 3 is 2.40 bits per heavy atom. The van der Waals surface area contributed by atoms with Crippen molar-refractivity contribution in [2.24, 2.45) is 0 Å². The Balaban J connectivity index is 1.80. The van der Waals surface area contributed by atoms with Crippen molar-refractivity contribution >= 4 is 17.7 Å². The molecule has 0 spiro atoms. The van der Waals surface area contributed by atoms with Gasteiger partial charge in [-0.25, -0.2) is 0 Å². The molecule has 0 atom stereocenters. The van der Waals surface area contributed by atoms with Gasteiger partial charge in [0.15, 0.2) is 0 Å². The summed E-state index contributed by atoms with van der Waals surface area (Å²) in [6.07, 6.45) is 4.82. The summed E-state index contributed by atoms with van der Waals surface area (Å²) in [7, 11) is 0. The molecule has 1 aliphatic rings. The second kappa shape index (κ2) is 8.20. The van der Waals surface area contributed by atoms with E-state index < -0.39 is 0 Å². The Morgan fingerprint density at radius 1 is 1.15 bits per heavy atom. The highest BCUT2D eigenvalue weighted by Crippen LogP contribution is 2.22. The number of rotatable bonds is 5. The van der Waals surface area contributed by atoms with Crippen LogP contribution in [0.4, 0.5) is 0 Å². The van der Waals surface area contributed by atoms with Crippen molar-refractivity contribution in [1.29, 1.82) is 0 Å². The molecule has 0 unspecified atom stereocenters. The molecule has 4 heteroatoms. The van der Waals surface area contributed by atoms with E-state index in [1.807, 2.05) is 36.1 Å². The Hall–Kier alpha value is -1.16. The maximum atomic E-state index is 12.2. The molecule has 0 N–H and O–H groups in total. The van der Waals surface area contributed by atoms with Gasteiger partial charge in [0.05, 0.1) is 12.4 Å². The molecule has 0 bridgehead atoms. The van der Waals surface area contributed by atoms with Crippen LogP contribution >= 0.6 is 11.8 Å². The first kappa shape index (κ1) is 15.2. The summed E-state index contributed by atoms with van der Waals surface area (Å²) in [6, 6.07) is 7.96. The molecule has 1 fully saturated rings. The van der Waals surface area contributed by atoms with Gasteiger partial charge in [0.2, 0.25) is 5.91 Å². The maximum Gasteiger partial charge on any atom is 0.232 e. The second-order valence-electron chi connectivity index (χ2n) is 4.99. The molecule has 110 valence electrons. The Morgan fingerprint density at radius 2 is 1.80 bits per heavy atom. The highest BCUT2D eigenvalue weighted by Gasteiger charge is 2.15. The summed E-state index contributed by atoms with van der Waals surface area (Å²) in [4.78, 5) is 15.3. The third-order valence-corrected chi connectivity index (χ3v) is 4.45. The van der Waals surface area contributed by atoms with E-state index in [1.165, 1.54) is 12.8 Å². The summed E-state index contributed by atoms with van der Waals surface area (Å²) in [5, 5.41) is 0.